The van der Waals surface area contributed by atoms with Crippen LogP contribution in [0.3, 0.4) is 0 Å². The number of allylic oxidation sites excluding steroid dienone is 6. The molecule has 1 aromatic heterocycles. The Balaban J connectivity index is 0.00000141. The van der Waals surface area contributed by atoms with Crippen LogP contribution in [0.5, 0.6) is 11.5 Å². The third-order valence-electron chi connectivity index (χ3n) is 16.1. The number of hydrogen-bond acceptors (Lipinski definition) is 11. The van der Waals surface area contributed by atoms with Crippen molar-refractivity contribution in [2.45, 2.75) is 129 Å². The van der Waals surface area contributed by atoms with Gasteiger partial charge in [-0.15, -0.1) is 0 Å². The van der Waals surface area contributed by atoms with Crippen molar-refractivity contribution in [3.63, 3.8) is 0 Å². The third-order valence-corrected chi connectivity index (χ3v) is 16.1. The molecule has 420 valence electrons. The molecular weight excluding hydrogens is 1070 g/mol. The number of amides is 1. The highest BCUT2D eigenvalue weighted by Gasteiger charge is 2.45. The number of unbranched alkanes of at least 4 members (excludes halogenated alkanes) is 4. The van der Waals surface area contributed by atoms with Crippen molar-refractivity contribution in [2.24, 2.45) is 0 Å². The lowest BCUT2D eigenvalue weighted by atomic mass is 9.78. The maximum atomic E-state index is 13.4. The van der Waals surface area contributed by atoms with Gasteiger partial charge in [-0.25, -0.2) is 0 Å². The second kappa shape index (κ2) is 27.4. The number of aromatic nitrogens is 1. The molecular formula is C65H74BrN5O9. The Labute approximate surface area is 480 Å². The minimum absolute atomic E-state index is 0. The van der Waals surface area contributed by atoms with E-state index in [9.17, 15) is 19.5 Å². The number of Topliss-reactive ketones (excluding diaryl/α,β-unsaturated/α-hetero) is 2. The van der Waals surface area contributed by atoms with Crippen molar-refractivity contribution < 1.29 is 65.0 Å². The predicted molar refractivity (Wildman–Crippen MR) is 304 cm³/mol. The molecule has 5 heterocycles. The molecule has 4 aliphatic heterocycles. The van der Waals surface area contributed by atoms with Gasteiger partial charge in [0.2, 0.25) is 11.6 Å². The molecule has 0 radical (unpaired) electrons. The fourth-order valence-electron chi connectivity index (χ4n) is 11.9. The number of carbonyl (C=O) groups excluding carboxylic acids is 7. The van der Waals surface area contributed by atoms with Gasteiger partial charge < -0.3 is 46.9 Å². The van der Waals surface area contributed by atoms with Crippen LogP contribution in [0.15, 0.2) is 138 Å². The van der Waals surface area contributed by atoms with Crippen LogP contribution < -0.4 is 31.9 Å². The van der Waals surface area contributed by atoms with Crippen LogP contribution in [-0.2, 0) is 51.6 Å². The smallest absolute Gasteiger partial charge is 0.373 e. The minimum atomic E-state index is -0.477. The van der Waals surface area contributed by atoms with Gasteiger partial charge in [-0.2, -0.15) is 23.8 Å². The van der Waals surface area contributed by atoms with Crippen molar-refractivity contribution in [1.29, 1.82) is 0 Å². The number of nitrogens with zero attached hydrogens (tertiary/aromatic N) is 3. The summed E-state index contributed by atoms with van der Waals surface area (Å²) in [6.45, 7) is 19.0. The number of carbonyl (C=O) groups is 3. The van der Waals surface area contributed by atoms with E-state index < -0.39 is 5.54 Å². The van der Waals surface area contributed by atoms with Crippen LogP contribution in [0.2, 0.25) is 0 Å². The fraction of sp³-hybridized carbons (Fsp3) is 0.385. The number of phenols is 1. The molecule has 14 nitrogen and oxygen atoms in total. The largest absolute Gasteiger partial charge is 1.00 e. The van der Waals surface area contributed by atoms with Crippen LogP contribution in [0.1, 0.15) is 139 Å². The number of ether oxygens (including phenoxy) is 1. The van der Waals surface area contributed by atoms with E-state index in [1.54, 1.807) is 18.2 Å². The lowest BCUT2D eigenvalue weighted by molar-refractivity contribution is -0.437. The van der Waals surface area contributed by atoms with E-state index in [0.29, 0.717) is 42.8 Å². The average Bonchev–Trinajstić information content (AvgIpc) is 4.08. The summed E-state index contributed by atoms with van der Waals surface area (Å²) in [6, 6.07) is 30.2. The third kappa shape index (κ3) is 13.1. The molecule has 0 spiro atoms. The summed E-state index contributed by atoms with van der Waals surface area (Å²) in [5.74, 6) is 0.586. The Bertz CT molecular complexity index is 3300. The number of H-pyrrole nitrogens is 1. The lowest BCUT2D eigenvalue weighted by Crippen LogP contribution is -3.00. The number of anilines is 1. The first kappa shape index (κ1) is 61.5. The number of halogens is 1. The number of benzene rings is 4. The van der Waals surface area contributed by atoms with Gasteiger partial charge in [-0.3, -0.25) is 14.4 Å². The summed E-state index contributed by atoms with van der Waals surface area (Å²) in [7, 11) is 0. The number of ketones is 2. The van der Waals surface area contributed by atoms with Crippen LogP contribution in [0, 0.1) is 0 Å². The molecule has 0 fully saturated rings. The van der Waals surface area contributed by atoms with Gasteiger partial charge in [0.25, 0.3) is 0 Å². The Morgan fingerprint density at radius 1 is 0.825 bits per heavy atom. The molecule has 1 amide bonds. The van der Waals surface area contributed by atoms with Gasteiger partial charge in [0.1, 0.15) is 24.7 Å². The first-order chi connectivity index (χ1) is 38.0. The lowest BCUT2D eigenvalue weighted by Gasteiger charge is -2.47. The molecule has 80 heavy (non-hydrogen) atoms. The van der Waals surface area contributed by atoms with Gasteiger partial charge in [-0.05, 0) is 125 Å². The maximum absolute atomic E-state index is 13.4. The van der Waals surface area contributed by atoms with Gasteiger partial charge in [-0.1, -0.05) is 88.2 Å². The number of fused-ring (bicyclic) bond motifs is 7. The Kier molecular flexibility index (Phi) is 21.1. The number of aromatic hydroxyl groups is 1. The highest BCUT2D eigenvalue weighted by atomic mass is 79.9. The van der Waals surface area contributed by atoms with E-state index in [2.05, 4.69) is 140 Å². The standard InChI is InChI=1S/C63H73N5O5.2CO2.BrH/c1-8-36-67-53-26-16-14-24-50(53)61(3,4)56(67)29-21-30-57-62(5,6)51-25-15-17-27-54(51)68(57)37-20-10-12-31-58(71)64-35-19-9-11-22-45(69)42-73-46-32-33-52-49(40-46)47-34-38-66-41-44(39-43(2)63(66,7)60(47)65-52)59(72)48-23-13-18-28-55(48)70;2*2-1-3;/h13-18,21,23-30,32-33,39-41,65H,8-12,19-20,22,31,34-38,42H2,1-7H3,(H-,64,70,71,72);;;1H/t63-;;;/m0.../s1. The molecule has 5 aromatic rings. The van der Waals surface area contributed by atoms with Crippen molar-refractivity contribution in [2.75, 3.05) is 37.7 Å². The number of rotatable bonds is 21. The molecule has 0 saturated carbocycles. The topological polar surface area (TPSA) is 186 Å². The molecule has 4 aromatic carbocycles. The van der Waals surface area contributed by atoms with Crippen molar-refractivity contribution in [3.8, 4) is 11.5 Å². The van der Waals surface area contributed by atoms with Crippen LogP contribution in [0.25, 0.3) is 10.9 Å². The summed E-state index contributed by atoms with van der Waals surface area (Å²) in [5, 5.41) is 14.5. The van der Waals surface area contributed by atoms with E-state index >= 15 is 0 Å². The zero-order valence-electron chi connectivity index (χ0n) is 47.1. The minimum Gasteiger partial charge on any atom is -1.00 e. The highest BCUT2D eigenvalue weighted by Crippen LogP contribution is 2.49. The SMILES string of the molecule is CCC[N+]1=C(C=CC=C2N(CCCCCC(=O)NCCCCCC(=O)COc3ccc4[nH]c5c(c4c3)CCN3C=C(C(=O)c4ccccc4O)C=C(C)[C@@]53C)c3ccccc3C2(C)C)C(C)(C)c2ccccc21.O=C=O.O=C=O.[Br-]. The molecule has 0 unspecified atom stereocenters. The quantitative estimate of drug-likeness (QED) is 0.0364. The van der Waals surface area contributed by atoms with Crippen LogP contribution in [0.4, 0.5) is 11.4 Å². The second-order valence-electron chi connectivity index (χ2n) is 21.8. The van der Waals surface area contributed by atoms with Gasteiger partial charge in [0.05, 0.1) is 16.5 Å². The normalized spacial score (nSPS) is 17.5. The molecule has 1 atom stereocenters. The molecule has 0 bridgehead atoms. The first-order valence-electron chi connectivity index (χ1n) is 27.5. The van der Waals surface area contributed by atoms with Gasteiger partial charge >= 0.3 is 12.3 Å². The number of para-hydroxylation sites is 3. The molecule has 3 N–H and O–H groups in total. The number of nitrogens with one attached hydrogen (secondary N) is 2. The maximum Gasteiger partial charge on any atom is 0.373 e. The molecule has 0 saturated heterocycles. The molecule has 9 rings (SSSR count). The monoisotopic (exact) mass is 1150 g/mol. The number of hydrogen-bond donors (Lipinski definition) is 3. The number of aromatic amines is 1. The second-order valence-corrected chi connectivity index (χ2v) is 21.8. The fourth-order valence-corrected chi connectivity index (χ4v) is 11.9. The first-order valence-corrected chi connectivity index (χ1v) is 27.5. The Morgan fingerprint density at radius 2 is 1.50 bits per heavy atom. The van der Waals surface area contributed by atoms with Crippen molar-refractivity contribution in [1.82, 2.24) is 15.2 Å². The van der Waals surface area contributed by atoms with Crippen LogP contribution in [-0.4, -0.2) is 87.8 Å². The summed E-state index contributed by atoms with van der Waals surface area (Å²) in [6.07, 6.45) is 19.3. The van der Waals surface area contributed by atoms with E-state index in [1.807, 2.05) is 30.5 Å². The van der Waals surface area contributed by atoms with Crippen molar-refractivity contribution >= 4 is 57.8 Å². The Morgan fingerprint density at radius 3 is 2.24 bits per heavy atom. The van der Waals surface area contributed by atoms with E-state index in [1.165, 1.54) is 45.5 Å². The molecule has 15 heteroatoms. The van der Waals surface area contributed by atoms with Crippen molar-refractivity contribution in [3.05, 3.63) is 166 Å². The van der Waals surface area contributed by atoms with E-state index in [0.717, 1.165) is 86.6 Å². The average molecular weight is 1150 g/mol. The molecule has 4 aliphatic rings. The van der Waals surface area contributed by atoms with Gasteiger partial charge in [0.15, 0.2) is 17.3 Å². The summed E-state index contributed by atoms with van der Waals surface area (Å²) in [5.41, 5.74) is 12.4. The Hall–Kier alpha value is -7.70. The highest BCUT2D eigenvalue weighted by molar-refractivity contribution is 6.12. The summed E-state index contributed by atoms with van der Waals surface area (Å²) in [4.78, 5) is 80.0. The van der Waals surface area contributed by atoms with Crippen LogP contribution >= 0.6 is 0 Å². The summed E-state index contributed by atoms with van der Waals surface area (Å²) < 4.78 is 8.54. The number of phenolic OH excluding ortho intramolecular Hbond substituents is 1. The zero-order valence-corrected chi connectivity index (χ0v) is 48.7. The van der Waals surface area contributed by atoms with Gasteiger partial charge in [0, 0.05) is 102 Å². The zero-order chi connectivity index (χ0) is 56.9. The molecule has 0 aliphatic carbocycles. The van der Waals surface area contributed by atoms with E-state index in [4.69, 9.17) is 23.9 Å². The van der Waals surface area contributed by atoms with E-state index in [-0.39, 0.29) is 69.9 Å². The predicted octanol–water partition coefficient (Wildman–Crippen LogP) is 8.42. The summed E-state index contributed by atoms with van der Waals surface area (Å²) >= 11 is 0.